The molecule has 1 heterocycles. The molecule has 0 bridgehead atoms. The molecule has 1 amide bonds. The van der Waals surface area contributed by atoms with Gasteiger partial charge in [-0.05, 0) is 24.3 Å². The van der Waals surface area contributed by atoms with Gasteiger partial charge in [-0.1, -0.05) is 0 Å². The van der Waals surface area contributed by atoms with E-state index in [9.17, 15) is 14.7 Å². The number of phenolic OH excluding ortho intramolecular Hbond substituents is 1. The molecule has 0 aromatic heterocycles. The molecule has 0 spiro atoms. The van der Waals surface area contributed by atoms with Crippen molar-refractivity contribution in [1.29, 1.82) is 0 Å². The number of amides is 1. The minimum atomic E-state index is -0.965. The van der Waals surface area contributed by atoms with E-state index in [-0.39, 0.29) is 24.9 Å². The Morgan fingerprint density at radius 1 is 1.26 bits per heavy atom. The number of rotatable bonds is 3. The van der Waals surface area contributed by atoms with E-state index >= 15 is 0 Å². The van der Waals surface area contributed by atoms with Gasteiger partial charge in [0.05, 0.1) is 19.3 Å². The highest BCUT2D eigenvalue weighted by Crippen LogP contribution is 2.21. The highest BCUT2D eigenvalue weighted by molar-refractivity contribution is 5.94. The van der Waals surface area contributed by atoms with Gasteiger partial charge in [0.1, 0.15) is 11.7 Å². The van der Waals surface area contributed by atoms with Gasteiger partial charge in [0.2, 0.25) is 0 Å². The van der Waals surface area contributed by atoms with Crippen LogP contribution in [0.15, 0.2) is 24.3 Å². The van der Waals surface area contributed by atoms with E-state index in [0.29, 0.717) is 5.56 Å². The van der Waals surface area contributed by atoms with Gasteiger partial charge in [-0.3, -0.25) is 9.59 Å². The summed E-state index contributed by atoms with van der Waals surface area (Å²) in [5.74, 6) is -1.88. The number of hydrogen-bond donors (Lipinski definition) is 2. The number of carbonyl (C=O) groups excluding carboxylic acids is 1. The van der Waals surface area contributed by atoms with Crippen LogP contribution in [0.1, 0.15) is 10.4 Å². The number of carboxylic acids is 1. The second-order valence-corrected chi connectivity index (χ2v) is 4.51. The maximum atomic E-state index is 12.2. The summed E-state index contributed by atoms with van der Waals surface area (Å²) in [5.41, 5.74) is 0.399. The number of carbonyl (C=O) groups is 2. The standard InChI is InChI=1S/C13H15NO5/c1-14(11-7-19-6-10(11)13(17)18)12(16)8-2-4-9(15)5-3-8/h2-5,10-11,15H,6-7H2,1H3,(H,17,18). The molecule has 2 rings (SSSR count). The minimum absolute atomic E-state index is 0.0758. The number of phenols is 1. The van der Waals surface area contributed by atoms with Crippen LogP contribution < -0.4 is 0 Å². The van der Waals surface area contributed by atoms with Gasteiger partial charge in [0.15, 0.2) is 0 Å². The molecule has 1 aromatic carbocycles. The summed E-state index contributed by atoms with van der Waals surface area (Å²) in [5, 5.41) is 18.3. The molecule has 1 fully saturated rings. The molecule has 1 aliphatic rings. The lowest BCUT2D eigenvalue weighted by molar-refractivity contribution is -0.142. The lowest BCUT2D eigenvalue weighted by Gasteiger charge is -2.26. The van der Waals surface area contributed by atoms with Gasteiger partial charge >= 0.3 is 5.97 Å². The van der Waals surface area contributed by atoms with Crippen LogP contribution in [0.4, 0.5) is 0 Å². The van der Waals surface area contributed by atoms with Crippen LogP contribution in [0.3, 0.4) is 0 Å². The number of nitrogens with zero attached hydrogens (tertiary/aromatic N) is 1. The first-order valence-corrected chi connectivity index (χ1v) is 5.87. The third kappa shape index (κ3) is 2.68. The molecule has 0 radical (unpaired) electrons. The normalized spacial score (nSPS) is 22.2. The van der Waals surface area contributed by atoms with Gasteiger partial charge in [-0.2, -0.15) is 0 Å². The molecular weight excluding hydrogens is 250 g/mol. The van der Waals surface area contributed by atoms with Crippen LogP contribution in [0.2, 0.25) is 0 Å². The van der Waals surface area contributed by atoms with Crippen molar-refractivity contribution in [3.63, 3.8) is 0 Å². The van der Waals surface area contributed by atoms with Gasteiger partial charge in [0, 0.05) is 12.6 Å². The van der Waals surface area contributed by atoms with Crippen molar-refractivity contribution in [2.24, 2.45) is 5.92 Å². The average molecular weight is 265 g/mol. The number of aliphatic carboxylic acids is 1. The summed E-state index contributed by atoms with van der Waals surface area (Å²) in [7, 11) is 1.56. The number of likely N-dealkylation sites (N-methyl/N-ethyl adjacent to an activating group) is 1. The van der Waals surface area contributed by atoms with Crippen molar-refractivity contribution < 1.29 is 24.5 Å². The quantitative estimate of drug-likeness (QED) is 0.834. The van der Waals surface area contributed by atoms with Crippen molar-refractivity contribution >= 4 is 11.9 Å². The van der Waals surface area contributed by atoms with Crippen molar-refractivity contribution in [2.45, 2.75) is 6.04 Å². The molecule has 1 aromatic rings. The molecule has 0 aliphatic carbocycles. The Bertz CT molecular complexity index is 484. The molecule has 19 heavy (non-hydrogen) atoms. The smallest absolute Gasteiger partial charge is 0.311 e. The molecule has 102 valence electrons. The zero-order valence-electron chi connectivity index (χ0n) is 10.4. The first-order chi connectivity index (χ1) is 9.00. The second-order valence-electron chi connectivity index (χ2n) is 4.51. The fourth-order valence-electron chi connectivity index (χ4n) is 2.12. The molecular formula is C13H15NO5. The van der Waals surface area contributed by atoms with E-state index in [0.717, 1.165) is 0 Å². The van der Waals surface area contributed by atoms with E-state index in [1.165, 1.54) is 29.2 Å². The molecule has 0 saturated carbocycles. The highest BCUT2D eigenvalue weighted by atomic mass is 16.5. The van der Waals surface area contributed by atoms with Gasteiger partial charge < -0.3 is 19.8 Å². The zero-order valence-corrected chi connectivity index (χ0v) is 10.4. The SMILES string of the molecule is CN(C(=O)c1ccc(O)cc1)C1COCC1C(=O)O. The third-order valence-electron chi connectivity index (χ3n) is 3.30. The molecule has 6 heteroatoms. The lowest BCUT2D eigenvalue weighted by Crippen LogP contribution is -2.44. The van der Waals surface area contributed by atoms with Crippen LogP contribution in [-0.4, -0.2) is 53.3 Å². The van der Waals surface area contributed by atoms with Gasteiger partial charge in [-0.15, -0.1) is 0 Å². The van der Waals surface area contributed by atoms with Crippen LogP contribution in [0.5, 0.6) is 5.75 Å². The van der Waals surface area contributed by atoms with Crippen molar-refractivity contribution in [2.75, 3.05) is 20.3 Å². The Morgan fingerprint density at radius 3 is 2.47 bits per heavy atom. The molecule has 2 N–H and O–H groups in total. The lowest BCUT2D eigenvalue weighted by atomic mass is 10.0. The molecule has 6 nitrogen and oxygen atoms in total. The first kappa shape index (κ1) is 13.4. The first-order valence-electron chi connectivity index (χ1n) is 5.87. The number of ether oxygens (including phenoxy) is 1. The minimum Gasteiger partial charge on any atom is -0.508 e. The summed E-state index contributed by atoms with van der Waals surface area (Å²) in [6.45, 7) is 0.338. The van der Waals surface area contributed by atoms with E-state index in [2.05, 4.69) is 0 Å². The Labute approximate surface area is 110 Å². The van der Waals surface area contributed by atoms with E-state index in [1.54, 1.807) is 7.05 Å². The fourth-order valence-corrected chi connectivity index (χ4v) is 2.12. The average Bonchev–Trinajstić information content (AvgIpc) is 2.87. The second kappa shape index (κ2) is 5.27. The van der Waals surface area contributed by atoms with Crippen molar-refractivity contribution in [1.82, 2.24) is 4.90 Å². The number of benzene rings is 1. The third-order valence-corrected chi connectivity index (χ3v) is 3.30. The highest BCUT2D eigenvalue weighted by Gasteiger charge is 2.38. The zero-order chi connectivity index (χ0) is 14.0. The van der Waals surface area contributed by atoms with Gasteiger partial charge in [0.25, 0.3) is 5.91 Å². The Hall–Kier alpha value is -2.08. The summed E-state index contributed by atoms with van der Waals surface area (Å²) >= 11 is 0. The fraction of sp³-hybridized carbons (Fsp3) is 0.385. The van der Waals surface area contributed by atoms with Gasteiger partial charge in [-0.25, -0.2) is 0 Å². The molecule has 2 unspecified atom stereocenters. The predicted molar refractivity (Wildman–Crippen MR) is 65.9 cm³/mol. The Morgan fingerprint density at radius 2 is 1.89 bits per heavy atom. The van der Waals surface area contributed by atoms with Crippen molar-refractivity contribution in [3.05, 3.63) is 29.8 Å². The van der Waals surface area contributed by atoms with Crippen LogP contribution >= 0.6 is 0 Å². The summed E-state index contributed by atoms with van der Waals surface area (Å²) in [6, 6.07) is 5.36. The maximum Gasteiger partial charge on any atom is 0.311 e. The largest absolute Gasteiger partial charge is 0.508 e. The monoisotopic (exact) mass is 265 g/mol. The van der Waals surface area contributed by atoms with Crippen LogP contribution in [-0.2, 0) is 9.53 Å². The number of carboxylic acid groups (broad SMARTS) is 1. The maximum absolute atomic E-state index is 12.2. The molecule has 2 atom stereocenters. The number of aromatic hydroxyl groups is 1. The van der Waals surface area contributed by atoms with E-state index in [4.69, 9.17) is 9.84 Å². The Kier molecular flexibility index (Phi) is 3.71. The van der Waals surface area contributed by atoms with Crippen LogP contribution in [0, 0.1) is 5.92 Å². The van der Waals surface area contributed by atoms with Crippen LogP contribution in [0.25, 0.3) is 0 Å². The summed E-state index contributed by atoms with van der Waals surface area (Å²) in [4.78, 5) is 24.7. The Balaban J connectivity index is 2.14. The molecule has 1 aliphatic heterocycles. The molecule has 1 saturated heterocycles. The van der Waals surface area contributed by atoms with Crippen molar-refractivity contribution in [3.8, 4) is 5.75 Å². The summed E-state index contributed by atoms with van der Waals surface area (Å²) in [6.07, 6.45) is 0. The predicted octanol–water partition coefficient (Wildman–Crippen LogP) is 0.564. The van der Waals surface area contributed by atoms with E-state index < -0.39 is 17.9 Å². The van der Waals surface area contributed by atoms with E-state index in [1.807, 2.05) is 0 Å². The topological polar surface area (TPSA) is 87.1 Å². The summed E-state index contributed by atoms with van der Waals surface area (Å²) < 4.78 is 5.14. The number of hydrogen-bond acceptors (Lipinski definition) is 4.